The minimum atomic E-state index is -0.202. The molecule has 0 bridgehead atoms. The van der Waals surface area contributed by atoms with Gasteiger partial charge in [0.05, 0.1) is 31.9 Å². The third-order valence-corrected chi connectivity index (χ3v) is 2.91. The molecule has 0 fully saturated rings. The quantitative estimate of drug-likeness (QED) is 0.821. The lowest BCUT2D eigenvalue weighted by atomic mass is 10.1. The largest absolute Gasteiger partial charge is 0.493 e. The molecular formula is C12H18ClNO3. The van der Waals surface area contributed by atoms with Gasteiger partial charge in [-0.2, -0.15) is 0 Å². The Morgan fingerprint density at radius 2 is 2.06 bits per heavy atom. The molecule has 0 saturated carbocycles. The molecule has 0 amide bonds. The van der Waals surface area contributed by atoms with Crippen molar-refractivity contribution in [1.29, 1.82) is 0 Å². The van der Waals surface area contributed by atoms with E-state index in [1.165, 1.54) is 7.11 Å². The van der Waals surface area contributed by atoms with E-state index in [0.29, 0.717) is 16.5 Å². The predicted molar refractivity (Wildman–Crippen MR) is 68.1 cm³/mol. The van der Waals surface area contributed by atoms with Gasteiger partial charge in [0.1, 0.15) is 0 Å². The molecule has 0 saturated heterocycles. The minimum Gasteiger partial charge on any atom is -0.493 e. The number of hydrogen-bond donors (Lipinski definition) is 2. The van der Waals surface area contributed by atoms with Crippen LogP contribution in [0.5, 0.6) is 11.5 Å². The van der Waals surface area contributed by atoms with E-state index in [9.17, 15) is 5.11 Å². The second-order valence-corrected chi connectivity index (χ2v) is 3.88. The zero-order valence-electron chi connectivity index (χ0n) is 10.3. The molecule has 1 aromatic carbocycles. The second kappa shape index (κ2) is 6.69. The first-order valence-electron chi connectivity index (χ1n) is 5.44. The molecule has 0 aromatic heterocycles. The average molecular weight is 260 g/mol. The van der Waals surface area contributed by atoms with Crippen molar-refractivity contribution in [2.45, 2.75) is 13.0 Å². The fourth-order valence-corrected chi connectivity index (χ4v) is 2.06. The van der Waals surface area contributed by atoms with Crippen LogP contribution in [-0.4, -0.2) is 32.5 Å². The number of hydrogen-bond acceptors (Lipinski definition) is 4. The highest BCUT2D eigenvalue weighted by Gasteiger charge is 2.18. The van der Waals surface area contributed by atoms with Gasteiger partial charge in [-0.25, -0.2) is 0 Å². The van der Waals surface area contributed by atoms with E-state index in [-0.39, 0.29) is 12.6 Å². The maximum Gasteiger partial charge on any atom is 0.179 e. The fraction of sp³-hybridized carbons (Fsp3) is 0.500. The van der Waals surface area contributed by atoms with E-state index < -0.39 is 0 Å². The van der Waals surface area contributed by atoms with Gasteiger partial charge >= 0.3 is 0 Å². The molecule has 1 aromatic rings. The highest BCUT2D eigenvalue weighted by atomic mass is 35.5. The standard InChI is InChI=1S/C12H18ClNO3/c1-4-14-9(7-15)8-5-6-10(16-2)12(17-3)11(8)13/h5-6,9,14-15H,4,7H2,1-3H3. The lowest BCUT2D eigenvalue weighted by Crippen LogP contribution is -2.24. The monoisotopic (exact) mass is 259 g/mol. The van der Waals surface area contributed by atoms with Crippen molar-refractivity contribution in [3.8, 4) is 11.5 Å². The van der Waals surface area contributed by atoms with E-state index in [2.05, 4.69) is 5.32 Å². The van der Waals surface area contributed by atoms with E-state index >= 15 is 0 Å². The second-order valence-electron chi connectivity index (χ2n) is 3.50. The molecule has 1 unspecified atom stereocenters. The topological polar surface area (TPSA) is 50.7 Å². The van der Waals surface area contributed by atoms with Gasteiger partial charge in [0, 0.05) is 0 Å². The van der Waals surface area contributed by atoms with Crippen LogP contribution in [-0.2, 0) is 0 Å². The van der Waals surface area contributed by atoms with Crippen LogP contribution < -0.4 is 14.8 Å². The Morgan fingerprint density at radius 3 is 2.53 bits per heavy atom. The first kappa shape index (κ1) is 14.1. The van der Waals surface area contributed by atoms with Crippen LogP contribution in [0.3, 0.4) is 0 Å². The Balaban J connectivity index is 3.16. The van der Waals surface area contributed by atoms with Crippen LogP contribution >= 0.6 is 11.6 Å². The van der Waals surface area contributed by atoms with Crippen LogP contribution in [0.1, 0.15) is 18.5 Å². The maximum atomic E-state index is 9.33. The average Bonchev–Trinajstić information content (AvgIpc) is 2.36. The molecule has 5 heteroatoms. The van der Waals surface area contributed by atoms with E-state index in [1.807, 2.05) is 13.0 Å². The molecular weight excluding hydrogens is 242 g/mol. The summed E-state index contributed by atoms with van der Waals surface area (Å²) >= 11 is 6.25. The first-order chi connectivity index (χ1) is 8.19. The summed E-state index contributed by atoms with van der Waals surface area (Å²) in [6, 6.07) is 3.40. The Morgan fingerprint density at radius 1 is 1.35 bits per heavy atom. The normalized spacial score (nSPS) is 12.3. The lowest BCUT2D eigenvalue weighted by Gasteiger charge is -2.19. The van der Waals surface area contributed by atoms with Gasteiger partial charge in [0.15, 0.2) is 11.5 Å². The summed E-state index contributed by atoms with van der Waals surface area (Å²) in [5.41, 5.74) is 0.800. The number of likely N-dealkylation sites (N-methyl/N-ethyl adjacent to an activating group) is 1. The van der Waals surface area contributed by atoms with Crippen LogP contribution in [0.25, 0.3) is 0 Å². The van der Waals surface area contributed by atoms with Gasteiger partial charge in [-0.1, -0.05) is 24.6 Å². The fourth-order valence-electron chi connectivity index (χ4n) is 1.69. The van der Waals surface area contributed by atoms with Gasteiger partial charge in [-0.3, -0.25) is 0 Å². The summed E-state index contributed by atoms with van der Waals surface area (Å²) in [7, 11) is 3.09. The number of ether oxygens (including phenoxy) is 2. The molecule has 1 rings (SSSR count). The number of methoxy groups -OCH3 is 2. The Hall–Kier alpha value is -0.970. The van der Waals surface area contributed by atoms with Crippen LogP contribution in [0.4, 0.5) is 0 Å². The highest BCUT2D eigenvalue weighted by molar-refractivity contribution is 6.33. The zero-order chi connectivity index (χ0) is 12.8. The maximum absolute atomic E-state index is 9.33. The summed E-state index contributed by atoms with van der Waals surface area (Å²) in [4.78, 5) is 0. The van der Waals surface area contributed by atoms with Crippen molar-refractivity contribution in [3.05, 3.63) is 22.7 Å². The SMILES string of the molecule is CCNC(CO)c1ccc(OC)c(OC)c1Cl. The predicted octanol–water partition coefficient (Wildman–Crippen LogP) is 2.00. The van der Waals surface area contributed by atoms with Crippen LogP contribution in [0.15, 0.2) is 12.1 Å². The van der Waals surface area contributed by atoms with Crippen molar-refractivity contribution < 1.29 is 14.6 Å². The molecule has 17 heavy (non-hydrogen) atoms. The number of halogens is 1. The summed E-state index contributed by atoms with van der Waals surface area (Å²) in [5.74, 6) is 1.07. The van der Waals surface area contributed by atoms with Crippen molar-refractivity contribution in [2.75, 3.05) is 27.4 Å². The number of aliphatic hydroxyl groups is 1. The van der Waals surface area contributed by atoms with Gasteiger partial charge in [0.2, 0.25) is 0 Å². The van der Waals surface area contributed by atoms with E-state index in [0.717, 1.165) is 12.1 Å². The summed E-state index contributed by atoms with van der Waals surface area (Å²) in [6.07, 6.45) is 0. The Kier molecular flexibility index (Phi) is 5.55. The molecule has 0 aliphatic heterocycles. The number of aliphatic hydroxyl groups excluding tert-OH is 1. The van der Waals surface area contributed by atoms with Crippen molar-refractivity contribution in [3.63, 3.8) is 0 Å². The third kappa shape index (κ3) is 3.03. The molecule has 4 nitrogen and oxygen atoms in total. The molecule has 2 N–H and O–H groups in total. The molecule has 0 spiro atoms. The Labute approximate surface area is 106 Å². The van der Waals surface area contributed by atoms with Gasteiger partial charge in [-0.05, 0) is 18.2 Å². The van der Waals surface area contributed by atoms with Crippen molar-refractivity contribution in [2.24, 2.45) is 0 Å². The van der Waals surface area contributed by atoms with Crippen molar-refractivity contribution >= 4 is 11.6 Å². The van der Waals surface area contributed by atoms with Crippen LogP contribution in [0, 0.1) is 0 Å². The van der Waals surface area contributed by atoms with Crippen molar-refractivity contribution in [1.82, 2.24) is 5.32 Å². The minimum absolute atomic E-state index is 0.0248. The van der Waals surface area contributed by atoms with Gasteiger partial charge in [-0.15, -0.1) is 0 Å². The molecule has 1 atom stereocenters. The summed E-state index contributed by atoms with van der Waals surface area (Å²) < 4.78 is 10.4. The third-order valence-electron chi connectivity index (χ3n) is 2.52. The molecule has 0 radical (unpaired) electrons. The summed E-state index contributed by atoms with van der Waals surface area (Å²) in [6.45, 7) is 2.69. The lowest BCUT2D eigenvalue weighted by molar-refractivity contribution is 0.246. The van der Waals surface area contributed by atoms with Gasteiger partial charge in [0.25, 0.3) is 0 Å². The first-order valence-corrected chi connectivity index (χ1v) is 5.81. The van der Waals surface area contributed by atoms with Crippen LogP contribution in [0.2, 0.25) is 5.02 Å². The molecule has 0 aliphatic carbocycles. The van der Waals surface area contributed by atoms with E-state index in [4.69, 9.17) is 21.1 Å². The number of benzene rings is 1. The molecule has 96 valence electrons. The highest BCUT2D eigenvalue weighted by Crippen LogP contribution is 2.39. The Bertz CT molecular complexity index is 371. The molecule has 0 aliphatic rings. The van der Waals surface area contributed by atoms with E-state index in [1.54, 1.807) is 13.2 Å². The number of nitrogens with one attached hydrogen (secondary N) is 1. The molecule has 0 heterocycles. The zero-order valence-corrected chi connectivity index (χ0v) is 11.0. The van der Waals surface area contributed by atoms with Gasteiger partial charge < -0.3 is 19.9 Å². The number of rotatable bonds is 6. The summed E-state index contributed by atoms with van der Waals surface area (Å²) in [5, 5.41) is 12.9. The smallest absolute Gasteiger partial charge is 0.179 e.